The molecule has 1 unspecified atom stereocenters. The average molecular weight is 277 g/mol. The predicted octanol–water partition coefficient (Wildman–Crippen LogP) is 1.36. The molecule has 5 heteroatoms. The van der Waals surface area contributed by atoms with Gasteiger partial charge in [0, 0.05) is 17.4 Å². The van der Waals surface area contributed by atoms with Crippen LogP contribution in [0.4, 0.5) is 11.4 Å². The lowest BCUT2D eigenvalue weighted by molar-refractivity contribution is -0.118. The first kappa shape index (κ1) is 14.8. The Morgan fingerprint density at radius 3 is 3.05 bits per heavy atom. The molecule has 0 bridgehead atoms. The number of amides is 1. The molecule has 1 aliphatic rings. The van der Waals surface area contributed by atoms with Gasteiger partial charge in [0.15, 0.2) is 0 Å². The first-order valence-corrected chi connectivity index (χ1v) is 7.11. The summed E-state index contributed by atoms with van der Waals surface area (Å²) in [5.74, 6) is -0.0564. The summed E-state index contributed by atoms with van der Waals surface area (Å²) in [6.07, 6.45) is 3.17. The van der Waals surface area contributed by atoms with Gasteiger partial charge in [-0.2, -0.15) is 0 Å². The summed E-state index contributed by atoms with van der Waals surface area (Å²) in [7, 11) is 0. The maximum Gasteiger partial charge on any atom is 0.238 e. The number of piperidine rings is 1. The van der Waals surface area contributed by atoms with Crippen molar-refractivity contribution in [3.05, 3.63) is 23.8 Å². The van der Waals surface area contributed by atoms with E-state index in [9.17, 15) is 9.90 Å². The number of aryl methyl sites for hydroxylation is 1. The number of hydrogen-bond donors (Lipinski definition) is 3. The molecule has 2 rings (SSSR count). The van der Waals surface area contributed by atoms with Crippen LogP contribution in [0.5, 0.6) is 0 Å². The summed E-state index contributed by atoms with van der Waals surface area (Å²) in [4.78, 5) is 14.2. The minimum atomic E-state index is -0.0564. The van der Waals surface area contributed by atoms with Gasteiger partial charge in [-0.05, 0) is 44.0 Å². The lowest BCUT2D eigenvalue weighted by Gasteiger charge is -2.33. The smallest absolute Gasteiger partial charge is 0.238 e. The van der Waals surface area contributed by atoms with Crippen molar-refractivity contribution in [1.29, 1.82) is 0 Å². The fourth-order valence-electron chi connectivity index (χ4n) is 2.62. The maximum atomic E-state index is 12.1. The second kappa shape index (κ2) is 6.72. The molecule has 0 spiro atoms. The minimum Gasteiger partial charge on any atom is -0.399 e. The van der Waals surface area contributed by atoms with E-state index in [0.717, 1.165) is 37.1 Å². The molecule has 20 heavy (non-hydrogen) atoms. The molecule has 1 fully saturated rings. The lowest BCUT2D eigenvalue weighted by Crippen LogP contribution is -2.45. The van der Waals surface area contributed by atoms with Gasteiger partial charge in [0.2, 0.25) is 5.91 Å². The van der Waals surface area contributed by atoms with E-state index < -0.39 is 0 Å². The van der Waals surface area contributed by atoms with Crippen LogP contribution in [-0.4, -0.2) is 41.7 Å². The van der Waals surface area contributed by atoms with E-state index in [2.05, 4.69) is 10.2 Å². The molecular formula is C15H23N3O2. The van der Waals surface area contributed by atoms with Gasteiger partial charge in [-0.15, -0.1) is 0 Å². The number of nitrogens with one attached hydrogen (secondary N) is 1. The van der Waals surface area contributed by atoms with E-state index in [1.54, 1.807) is 6.07 Å². The first-order chi connectivity index (χ1) is 9.60. The fraction of sp³-hybridized carbons (Fsp3) is 0.533. The Kier molecular flexibility index (Phi) is 4.98. The maximum absolute atomic E-state index is 12.1. The second-order valence-electron chi connectivity index (χ2n) is 5.43. The molecule has 0 radical (unpaired) electrons. The Bertz CT molecular complexity index is 476. The van der Waals surface area contributed by atoms with E-state index in [0.29, 0.717) is 12.2 Å². The molecule has 1 atom stereocenters. The molecule has 1 saturated heterocycles. The van der Waals surface area contributed by atoms with Crippen LogP contribution >= 0.6 is 0 Å². The number of aliphatic hydroxyl groups excluding tert-OH is 1. The SMILES string of the molecule is Cc1ccc(N)cc1NC(=O)CN1CCCCC1CO. The largest absolute Gasteiger partial charge is 0.399 e. The van der Waals surface area contributed by atoms with E-state index in [1.807, 2.05) is 19.1 Å². The minimum absolute atomic E-state index is 0.0564. The normalized spacial score (nSPS) is 19.8. The molecule has 110 valence electrons. The van der Waals surface area contributed by atoms with Crippen molar-refractivity contribution in [1.82, 2.24) is 4.90 Å². The molecule has 0 saturated carbocycles. The second-order valence-corrected chi connectivity index (χ2v) is 5.43. The number of benzene rings is 1. The van der Waals surface area contributed by atoms with Gasteiger partial charge in [-0.3, -0.25) is 9.69 Å². The van der Waals surface area contributed by atoms with Crippen LogP contribution in [0.3, 0.4) is 0 Å². The van der Waals surface area contributed by atoms with Crippen molar-refractivity contribution < 1.29 is 9.90 Å². The van der Waals surface area contributed by atoms with Crippen molar-refractivity contribution in [3.8, 4) is 0 Å². The van der Waals surface area contributed by atoms with Gasteiger partial charge < -0.3 is 16.2 Å². The highest BCUT2D eigenvalue weighted by Gasteiger charge is 2.23. The van der Waals surface area contributed by atoms with Crippen molar-refractivity contribution >= 4 is 17.3 Å². The number of hydrogen-bond acceptors (Lipinski definition) is 4. The van der Waals surface area contributed by atoms with Crippen molar-refractivity contribution in [3.63, 3.8) is 0 Å². The van der Waals surface area contributed by atoms with Crippen LogP contribution in [0, 0.1) is 6.92 Å². The number of nitrogens with two attached hydrogens (primary N) is 1. The summed E-state index contributed by atoms with van der Waals surface area (Å²) in [6.45, 7) is 3.24. The molecule has 5 nitrogen and oxygen atoms in total. The zero-order valence-corrected chi connectivity index (χ0v) is 11.9. The van der Waals surface area contributed by atoms with Crippen molar-refractivity contribution in [2.24, 2.45) is 0 Å². The van der Waals surface area contributed by atoms with Crippen molar-refractivity contribution in [2.45, 2.75) is 32.2 Å². The third-order valence-corrected chi connectivity index (χ3v) is 3.84. The molecule has 0 aromatic heterocycles. The van der Waals surface area contributed by atoms with Gasteiger partial charge in [-0.25, -0.2) is 0 Å². The molecule has 1 aromatic rings. The van der Waals surface area contributed by atoms with Crippen LogP contribution in [0.2, 0.25) is 0 Å². The highest BCUT2D eigenvalue weighted by Crippen LogP contribution is 2.19. The Morgan fingerprint density at radius 1 is 1.50 bits per heavy atom. The number of aliphatic hydroxyl groups is 1. The average Bonchev–Trinajstić information content (AvgIpc) is 2.43. The van der Waals surface area contributed by atoms with Crippen LogP contribution in [0.25, 0.3) is 0 Å². The Labute approximate surface area is 119 Å². The quantitative estimate of drug-likeness (QED) is 0.726. The zero-order valence-electron chi connectivity index (χ0n) is 11.9. The topological polar surface area (TPSA) is 78.6 Å². The molecular weight excluding hydrogens is 254 g/mol. The highest BCUT2D eigenvalue weighted by atomic mass is 16.3. The Morgan fingerprint density at radius 2 is 2.30 bits per heavy atom. The number of nitrogen functional groups attached to an aromatic ring is 1. The van der Waals surface area contributed by atoms with E-state index in [4.69, 9.17) is 5.73 Å². The van der Waals surface area contributed by atoms with Gasteiger partial charge in [-0.1, -0.05) is 12.5 Å². The molecule has 4 N–H and O–H groups in total. The summed E-state index contributed by atoms with van der Waals surface area (Å²) in [6, 6.07) is 5.59. The first-order valence-electron chi connectivity index (χ1n) is 7.11. The Hall–Kier alpha value is -1.59. The number of rotatable bonds is 4. The number of carbonyl (C=O) groups is 1. The number of likely N-dealkylation sites (tertiary alicyclic amines) is 1. The van der Waals surface area contributed by atoms with Crippen LogP contribution < -0.4 is 11.1 Å². The summed E-state index contributed by atoms with van der Waals surface area (Å²) in [5, 5.41) is 12.3. The fourth-order valence-corrected chi connectivity index (χ4v) is 2.62. The van der Waals surface area contributed by atoms with Crippen LogP contribution in [0.15, 0.2) is 18.2 Å². The van der Waals surface area contributed by atoms with Crippen LogP contribution in [0.1, 0.15) is 24.8 Å². The highest BCUT2D eigenvalue weighted by molar-refractivity contribution is 5.93. The predicted molar refractivity (Wildman–Crippen MR) is 80.5 cm³/mol. The monoisotopic (exact) mass is 277 g/mol. The summed E-state index contributed by atoms with van der Waals surface area (Å²) < 4.78 is 0. The molecule has 0 aliphatic carbocycles. The molecule has 1 amide bonds. The summed E-state index contributed by atoms with van der Waals surface area (Å²) >= 11 is 0. The zero-order chi connectivity index (χ0) is 14.5. The van der Waals surface area contributed by atoms with Gasteiger partial charge >= 0.3 is 0 Å². The van der Waals surface area contributed by atoms with Crippen LogP contribution in [-0.2, 0) is 4.79 Å². The Balaban J connectivity index is 1.96. The van der Waals surface area contributed by atoms with E-state index in [1.165, 1.54) is 0 Å². The van der Waals surface area contributed by atoms with Gasteiger partial charge in [0.25, 0.3) is 0 Å². The third kappa shape index (κ3) is 3.71. The van der Waals surface area contributed by atoms with E-state index >= 15 is 0 Å². The van der Waals surface area contributed by atoms with Gasteiger partial charge in [0.1, 0.15) is 0 Å². The number of anilines is 2. The standard InChI is InChI=1S/C15H23N3O2/c1-11-5-6-12(16)8-14(11)17-15(20)9-18-7-3-2-4-13(18)10-19/h5-6,8,13,19H,2-4,7,9-10,16H2,1H3,(H,17,20). The van der Waals surface area contributed by atoms with Crippen molar-refractivity contribution in [2.75, 3.05) is 30.7 Å². The third-order valence-electron chi connectivity index (χ3n) is 3.84. The number of nitrogens with zero attached hydrogens (tertiary/aromatic N) is 1. The molecule has 1 aliphatic heterocycles. The number of carbonyl (C=O) groups excluding carboxylic acids is 1. The molecule has 1 heterocycles. The lowest BCUT2D eigenvalue weighted by atomic mass is 10.0. The summed E-state index contributed by atoms with van der Waals surface area (Å²) in [5.41, 5.74) is 8.12. The van der Waals surface area contributed by atoms with E-state index in [-0.39, 0.29) is 18.6 Å². The molecule has 1 aromatic carbocycles. The van der Waals surface area contributed by atoms with Gasteiger partial charge in [0.05, 0.1) is 13.2 Å².